The van der Waals surface area contributed by atoms with Crippen LogP contribution in [0.2, 0.25) is 0 Å². The molecule has 2 aromatic rings. The molecule has 1 fully saturated rings. The second kappa shape index (κ2) is 8.09. The van der Waals surface area contributed by atoms with Gasteiger partial charge in [-0.3, -0.25) is 15.0 Å². The third-order valence-electron chi connectivity index (χ3n) is 4.22. The number of hydrogen-bond donors (Lipinski definition) is 0. The molecule has 0 aliphatic carbocycles. The van der Waals surface area contributed by atoms with Crippen LogP contribution < -0.4 is 9.64 Å². The Kier molecular flexibility index (Phi) is 5.62. The van der Waals surface area contributed by atoms with Gasteiger partial charge in [0.1, 0.15) is 6.33 Å². The Morgan fingerprint density at radius 2 is 1.85 bits per heavy atom. The average molecular weight is 357 g/mol. The highest BCUT2D eigenvalue weighted by Crippen LogP contribution is 2.34. The van der Waals surface area contributed by atoms with Crippen molar-refractivity contribution in [2.75, 3.05) is 31.1 Å². The molecule has 26 heavy (non-hydrogen) atoms. The molecule has 3 rings (SSSR count). The summed E-state index contributed by atoms with van der Waals surface area (Å²) < 4.78 is 5.51. The highest BCUT2D eigenvalue weighted by atomic mass is 16.6. The summed E-state index contributed by atoms with van der Waals surface area (Å²) in [6, 6.07) is 10.3. The molecule has 1 aromatic carbocycles. The molecule has 1 aliphatic rings. The van der Waals surface area contributed by atoms with Gasteiger partial charge in [-0.25, -0.2) is 4.98 Å². The molecule has 0 bridgehead atoms. The fourth-order valence-electron chi connectivity index (χ4n) is 3.01. The number of hydrogen-bond acceptors (Lipinski definition) is 7. The van der Waals surface area contributed by atoms with Crippen LogP contribution in [0.1, 0.15) is 19.4 Å². The fourth-order valence-corrected chi connectivity index (χ4v) is 3.01. The fraction of sp³-hybridized carbons (Fsp3) is 0.444. The number of rotatable bonds is 6. The molecule has 138 valence electrons. The van der Waals surface area contributed by atoms with Gasteiger partial charge < -0.3 is 9.64 Å². The van der Waals surface area contributed by atoms with Crippen molar-refractivity contribution >= 4 is 11.5 Å². The van der Waals surface area contributed by atoms with E-state index in [0.29, 0.717) is 18.9 Å². The maximum absolute atomic E-state index is 11.6. The molecule has 1 aromatic heterocycles. The second-order valence-electron chi connectivity index (χ2n) is 6.52. The normalized spacial score (nSPS) is 15.3. The van der Waals surface area contributed by atoms with E-state index in [1.54, 1.807) is 0 Å². The number of nitrogens with zero attached hydrogens (tertiary/aromatic N) is 5. The van der Waals surface area contributed by atoms with Crippen molar-refractivity contribution in [1.29, 1.82) is 0 Å². The first-order valence-electron chi connectivity index (χ1n) is 8.72. The van der Waals surface area contributed by atoms with Crippen LogP contribution in [0.4, 0.5) is 11.5 Å². The summed E-state index contributed by atoms with van der Waals surface area (Å²) in [5.41, 5.74) is 1.11. The minimum atomic E-state index is -0.455. The van der Waals surface area contributed by atoms with Crippen LogP contribution in [0, 0.1) is 10.1 Å². The Hall–Kier alpha value is -2.74. The van der Waals surface area contributed by atoms with Crippen molar-refractivity contribution in [2.24, 2.45) is 0 Å². The SMILES string of the molecule is CC(C)Oc1ncnc(N2CCN(Cc3ccccc3)CC2)c1[N+](=O)[O-]. The van der Waals surface area contributed by atoms with Crippen molar-refractivity contribution in [2.45, 2.75) is 26.5 Å². The summed E-state index contributed by atoms with van der Waals surface area (Å²) >= 11 is 0. The quantitative estimate of drug-likeness (QED) is 0.580. The summed E-state index contributed by atoms with van der Waals surface area (Å²) in [6.07, 6.45) is 1.13. The van der Waals surface area contributed by atoms with Crippen LogP contribution in [0.15, 0.2) is 36.7 Å². The zero-order valence-corrected chi connectivity index (χ0v) is 15.0. The van der Waals surface area contributed by atoms with E-state index in [1.807, 2.05) is 36.9 Å². The number of piperazine rings is 1. The number of anilines is 1. The molecule has 0 atom stereocenters. The lowest BCUT2D eigenvalue weighted by Crippen LogP contribution is -2.46. The minimum Gasteiger partial charge on any atom is -0.470 e. The Morgan fingerprint density at radius 1 is 1.15 bits per heavy atom. The topological polar surface area (TPSA) is 84.6 Å². The van der Waals surface area contributed by atoms with Gasteiger partial charge in [-0.1, -0.05) is 30.3 Å². The van der Waals surface area contributed by atoms with Crippen LogP contribution in [0.5, 0.6) is 5.88 Å². The summed E-state index contributed by atoms with van der Waals surface area (Å²) in [4.78, 5) is 23.5. The molecule has 0 spiro atoms. The van der Waals surface area contributed by atoms with E-state index in [2.05, 4.69) is 27.0 Å². The van der Waals surface area contributed by atoms with Gasteiger partial charge in [0, 0.05) is 32.7 Å². The number of ether oxygens (including phenoxy) is 1. The highest BCUT2D eigenvalue weighted by Gasteiger charge is 2.30. The zero-order chi connectivity index (χ0) is 18.5. The van der Waals surface area contributed by atoms with E-state index in [-0.39, 0.29) is 17.7 Å². The van der Waals surface area contributed by atoms with E-state index in [0.717, 1.165) is 19.6 Å². The first kappa shape index (κ1) is 18.1. The molecular weight excluding hydrogens is 334 g/mol. The molecule has 0 saturated carbocycles. The van der Waals surface area contributed by atoms with Crippen LogP contribution in [0.3, 0.4) is 0 Å². The predicted molar refractivity (Wildman–Crippen MR) is 98.4 cm³/mol. The molecule has 8 heteroatoms. The van der Waals surface area contributed by atoms with E-state index in [1.165, 1.54) is 11.9 Å². The maximum Gasteiger partial charge on any atom is 0.372 e. The molecular formula is C18H23N5O3. The van der Waals surface area contributed by atoms with Gasteiger partial charge >= 0.3 is 5.69 Å². The Balaban J connectivity index is 1.72. The van der Waals surface area contributed by atoms with Crippen LogP contribution >= 0.6 is 0 Å². The van der Waals surface area contributed by atoms with Gasteiger partial charge in [0.2, 0.25) is 5.82 Å². The average Bonchev–Trinajstić information content (AvgIpc) is 2.62. The summed E-state index contributed by atoms with van der Waals surface area (Å²) in [6.45, 7) is 7.48. The predicted octanol–water partition coefficient (Wildman–Crippen LogP) is 2.49. The number of aromatic nitrogens is 2. The highest BCUT2D eigenvalue weighted by molar-refractivity contribution is 5.63. The molecule has 0 radical (unpaired) electrons. The van der Waals surface area contributed by atoms with Crippen LogP contribution in [-0.4, -0.2) is 52.1 Å². The Bertz CT molecular complexity index is 746. The van der Waals surface area contributed by atoms with Crippen molar-refractivity contribution in [3.8, 4) is 5.88 Å². The first-order chi connectivity index (χ1) is 12.5. The zero-order valence-electron chi connectivity index (χ0n) is 15.0. The van der Waals surface area contributed by atoms with Gasteiger partial charge in [0.15, 0.2) is 0 Å². The van der Waals surface area contributed by atoms with Crippen molar-refractivity contribution in [3.05, 3.63) is 52.3 Å². The molecule has 2 heterocycles. The second-order valence-corrected chi connectivity index (χ2v) is 6.52. The Morgan fingerprint density at radius 3 is 2.46 bits per heavy atom. The van der Waals surface area contributed by atoms with Gasteiger partial charge in [0.05, 0.1) is 11.0 Å². The summed E-state index contributed by atoms with van der Waals surface area (Å²) in [5.74, 6) is 0.363. The summed E-state index contributed by atoms with van der Waals surface area (Å²) in [5, 5.41) is 11.6. The standard InChI is InChI=1S/C18H23N5O3/c1-14(2)26-18-16(23(24)25)17(19-13-20-18)22-10-8-21(9-11-22)12-15-6-4-3-5-7-15/h3-7,13-14H,8-12H2,1-2H3. The number of nitro groups is 1. The van der Waals surface area contributed by atoms with E-state index in [9.17, 15) is 10.1 Å². The summed E-state index contributed by atoms with van der Waals surface area (Å²) in [7, 11) is 0. The van der Waals surface area contributed by atoms with Gasteiger partial charge in [0.25, 0.3) is 5.88 Å². The number of benzene rings is 1. The molecule has 1 aliphatic heterocycles. The smallest absolute Gasteiger partial charge is 0.372 e. The van der Waals surface area contributed by atoms with E-state index in [4.69, 9.17) is 4.74 Å². The lowest BCUT2D eigenvalue weighted by Gasteiger charge is -2.35. The molecule has 0 N–H and O–H groups in total. The van der Waals surface area contributed by atoms with Gasteiger partial charge in [-0.15, -0.1) is 0 Å². The lowest BCUT2D eigenvalue weighted by atomic mass is 10.2. The molecule has 0 unspecified atom stereocenters. The van der Waals surface area contributed by atoms with Crippen molar-refractivity contribution in [1.82, 2.24) is 14.9 Å². The maximum atomic E-state index is 11.6. The molecule has 1 saturated heterocycles. The molecule has 8 nitrogen and oxygen atoms in total. The first-order valence-corrected chi connectivity index (χ1v) is 8.72. The lowest BCUT2D eigenvalue weighted by molar-refractivity contribution is -0.385. The monoisotopic (exact) mass is 357 g/mol. The van der Waals surface area contributed by atoms with E-state index < -0.39 is 4.92 Å². The van der Waals surface area contributed by atoms with Gasteiger partial charge in [-0.05, 0) is 19.4 Å². The minimum absolute atomic E-state index is 0.0294. The molecule has 0 amide bonds. The largest absolute Gasteiger partial charge is 0.470 e. The van der Waals surface area contributed by atoms with Gasteiger partial charge in [-0.2, -0.15) is 4.98 Å². The third-order valence-corrected chi connectivity index (χ3v) is 4.22. The van der Waals surface area contributed by atoms with Crippen molar-refractivity contribution in [3.63, 3.8) is 0 Å². The van der Waals surface area contributed by atoms with Crippen molar-refractivity contribution < 1.29 is 9.66 Å². The Labute approximate surface area is 152 Å². The third kappa shape index (κ3) is 4.26. The van der Waals surface area contributed by atoms with Crippen LogP contribution in [0.25, 0.3) is 0 Å². The van der Waals surface area contributed by atoms with E-state index >= 15 is 0 Å². The van der Waals surface area contributed by atoms with Crippen LogP contribution in [-0.2, 0) is 6.54 Å².